The first-order chi connectivity index (χ1) is 9.35. The van der Waals surface area contributed by atoms with Crippen LogP contribution in [0.4, 0.5) is 0 Å². The van der Waals surface area contributed by atoms with Crippen LogP contribution in [-0.4, -0.2) is 20.3 Å². The van der Waals surface area contributed by atoms with Crippen molar-refractivity contribution < 1.29 is 4.74 Å². The molecule has 0 amide bonds. The molecule has 0 aliphatic heterocycles. The van der Waals surface area contributed by atoms with Crippen molar-refractivity contribution in [2.75, 3.05) is 20.3 Å². The fourth-order valence-corrected chi connectivity index (χ4v) is 2.67. The molecule has 1 N–H and O–H groups in total. The van der Waals surface area contributed by atoms with Gasteiger partial charge in [-0.05, 0) is 49.8 Å². The average Bonchev–Trinajstić information content (AvgIpc) is 2.38. The summed E-state index contributed by atoms with van der Waals surface area (Å²) in [4.78, 5) is 0. The SMILES string of the molecule is CCCOCCC(NC)c1ccc(C2CCC2)cc1. The van der Waals surface area contributed by atoms with E-state index in [9.17, 15) is 0 Å². The quantitative estimate of drug-likeness (QED) is 0.713. The van der Waals surface area contributed by atoms with E-state index in [1.807, 2.05) is 7.05 Å². The highest BCUT2D eigenvalue weighted by atomic mass is 16.5. The smallest absolute Gasteiger partial charge is 0.0484 e. The predicted molar refractivity (Wildman–Crippen MR) is 80.6 cm³/mol. The third-order valence-electron chi connectivity index (χ3n) is 4.16. The molecule has 19 heavy (non-hydrogen) atoms. The minimum atomic E-state index is 0.410. The minimum Gasteiger partial charge on any atom is -0.381 e. The van der Waals surface area contributed by atoms with Crippen LogP contribution >= 0.6 is 0 Å². The highest BCUT2D eigenvalue weighted by Gasteiger charge is 2.19. The molecule has 0 aromatic heterocycles. The second kappa shape index (κ2) is 7.66. The van der Waals surface area contributed by atoms with Crippen LogP contribution in [0.3, 0.4) is 0 Å². The molecule has 1 atom stereocenters. The number of benzene rings is 1. The number of nitrogens with one attached hydrogen (secondary N) is 1. The summed E-state index contributed by atoms with van der Waals surface area (Å²) >= 11 is 0. The van der Waals surface area contributed by atoms with E-state index in [4.69, 9.17) is 4.74 Å². The van der Waals surface area contributed by atoms with Gasteiger partial charge in [0.15, 0.2) is 0 Å². The Morgan fingerprint density at radius 3 is 2.47 bits per heavy atom. The first-order valence-electron chi connectivity index (χ1n) is 7.70. The van der Waals surface area contributed by atoms with E-state index in [2.05, 4.69) is 36.5 Å². The molecule has 0 heterocycles. The summed E-state index contributed by atoms with van der Waals surface area (Å²) in [5.41, 5.74) is 2.90. The lowest BCUT2D eigenvalue weighted by Gasteiger charge is -2.26. The van der Waals surface area contributed by atoms with E-state index >= 15 is 0 Å². The van der Waals surface area contributed by atoms with Crippen molar-refractivity contribution in [3.63, 3.8) is 0 Å². The topological polar surface area (TPSA) is 21.3 Å². The molecule has 2 nitrogen and oxygen atoms in total. The Bertz CT molecular complexity index is 356. The van der Waals surface area contributed by atoms with Crippen LogP contribution in [0.15, 0.2) is 24.3 Å². The van der Waals surface area contributed by atoms with Gasteiger partial charge >= 0.3 is 0 Å². The van der Waals surface area contributed by atoms with Gasteiger partial charge in [0.25, 0.3) is 0 Å². The van der Waals surface area contributed by atoms with Crippen LogP contribution in [0, 0.1) is 0 Å². The Labute approximate surface area is 117 Å². The van der Waals surface area contributed by atoms with Crippen LogP contribution < -0.4 is 5.32 Å². The maximum atomic E-state index is 5.59. The van der Waals surface area contributed by atoms with Gasteiger partial charge in [0, 0.05) is 19.3 Å². The van der Waals surface area contributed by atoms with E-state index in [0.717, 1.165) is 32.0 Å². The van der Waals surface area contributed by atoms with Gasteiger partial charge in [0.05, 0.1) is 0 Å². The van der Waals surface area contributed by atoms with Crippen molar-refractivity contribution in [1.82, 2.24) is 5.32 Å². The van der Waals surface area contributed by atoms with E-state index < -0.39 is 0 Å². The molecule has 0 bridgehead atoms. The van der Waals surface area contributed by atoms with Crippen LogP contribution in [0.1, 0.15) is 62.1 Å². The van der Waals surface area contributed by atoms with Crippen molar-refractivity contribution in [2.24, 2.45) is 0 Å². The Hall–Kier alpha value is -0.860. The lowest BCUT2D eigenvalue weighted by molar-refractivity contribution is 0.125. The third kappa shape index (κ3) is 4.05. The fraction of sp³-hybridized carbons (Fsp3) is 0.647. The van der Waals surface area contributed by atoms with Gasteiger partial charge in [-0.2, -0.15) is 0 Å². The Morgan fingerprint density at radius 1 is 1.21 bits per heavy atom. The summed E-state index contributed by atoms with van der Waals surface area (Å²) in [5.74, 6) is 0.829. The second-order valence-corrected chi connectivity index (χ2v) is 5.54. The van der Waals surface area contributed by atoms with Crippen molar-refractivity contribution >= 4 is 0 Å². The van der Waals surface area contributed by atoms with Crippen LogP contribution in [0.2, 0.25) is 0 Å². The molecule has 0 radical (unpaired) electrons. The van der Waals surface area contributed by atoms with Crippen molar-refractivity contribution in [1.29, 1.82) is 0 Å². The molecular formula is C17H27NO. The highest BCUT2D eigenvalue weighted by molar-refractivity contribution is 5.28. The van der Waals surface area contributed by atoms with Gasteiger partial charge in [-0.3, -0.25) is 0 Å². The molecule has 2 rings (SSSR count). The van der Waals surface area contributed by atoms with Crippen molar-refractivity contribution in [3.05, 3.63) is 35.4 Å². The van der Waals surface area contributed by atoms with Gasteiger partial charge in [0.1, 0.15) is 0 Å². The molecule has 1 saturated carbocycles. The zero-order chi connectivity index (χ0) is 13.5. The second-order valence-electron chi connectivity index (χ2n) is 5.54. The molecule has 1 aliphatic rings. The predicted octanol–water partition coefficient (Wildman–Crippen LogP) is 4.03. The first kappa shape index (κ1) is 14.5. The zero-order valence-corrected chi connectivity index (χ0v) is 12.3. The maximum absolute atomic E-state index is 5.59. The summed E-state index contributed by atoms with van der Waals surface area (Å²) in [5, 5.41) is 3.39. The van der Waals surface area contributed by atoms with Gasteiger partial charge in [-0.25, -0.2) is 0 Å². The van der Waals surface area contributed by atoms with Gasteiger partial charge in [0.2, 0.25) is 0 Å². The standard InChI is InChI=1S/C17H27NO/c1-3-12-19-13-11-17(18-2)16-9-7-15(8-10-16)14-5-4-6-14/h7-10,14,17-18H,3-6,11-13H2,1-2H3. The molecule has 1 fully saturated rings. The Morgan fingerprint density at radius 2 is 1.95 bits per heavy atom. The van der Waals surface area contributed by atoms with Crippen LogP contribution in [0.5, 0.6) is 0 Å². The van der Waals surface area contributed by atoms with E-state index in [0.29, 0.717) is 6.04 Å². The summed E-state index contributed by atoms with van der Waals surface area (Å²) in [6.45, 7) is 3.86. The summed E-state index contributed by atoms with van der Waals surface area (Å²) in [6, 6.07) is 9.61. The Balaban J connectivity index is 1.86. The van der Waals surface area contributed by atoms with Gasteiger partial charge in [-0.1, -0.05) is 37.6 Å². The van der Waals surface area contributed by atoms with E-state index in [-0.39, 0.29) is 0 Å². The van der Waals surface area contributed by atoms with Gasteiger partial charge < -0.3 is 10.1 Å². The lowest BCUT2D eigenvalue weighted by Crippen LogP contribution is -2.18. The van der Waals surface area contributed by atoms with Crippen molar-refractivity contribution in [2.45, 2.75) is 51.0 Å². The average molecular weight is 261 g/mol. The Kier molecular flexibility index (Phi) is 5.87. The fourth-order valence-electron chi connectivity index (χ4n) is 2.67. The minimum absolute atomic E-state index is 0.410. The summed E-state index contributed by atoms with van der Waals surface area (Å²) in [6.07, 6.45) is 6.29. The molecule has 0 spiro atoms. The third-order valence-corrected chi connectivity index (χ3v) is 4.16. The van der Waals surface area contributed by atoms with E-state index in [1.165, 1.54) is 30.4 Å². The molecule has 2 heteroatoms. The van der Waals surface area contributed by atoms with Gasteiger partial charge in [-0.15, -0.1) is 0 Å². The maximum Gasteiger partial charge on any atom is 0.0484 e. The molecule has 1 unspecified atom stereocenters. The number of hydrogen-bond donors (Lipinski definition) is 1. The molecular weight excluding hydrogens is 234 g/mol. The van der Waals surface area contributed by atoms with Crippen molar-refractivity contribution in [3.8, 4) is 0 Å². The number of hydrogen-bond acceptors (Lipinski definition) is 2. The first-order valence-corrected chi connectivity index (χ1v) is 7.70. The monoisotopic (exact) mass is 261 g/mol. The zero-order valence-electron chi connectivity index (χ0n) is 12.3. The normalized spacial score (nSPS) is 17.2. The van der Waals surface area contributed by atoms with Crippen LogP contribution in [0.25, 0.3) is 0 Å². The largest absolute Gasteiger partial charge is 0.381 e. The molecule has 1 aromatic carbocycles. The van der Waals surface area contributed by atoms with E-state index in [1.54, 1.807) is 0 Å². The van der Waals surface area contributed by atoms with Crippen LogP contribution in [-0.2, 0) is 4.74 Å². The number of rotatable bonds is 8. The molecule has 0 saturated heterocycles. The summed E-state index contributed by atoms with van der Waals surface area (Å²) in [7, 11) is 2.03. The number of ether oxygens (including phenoxy) is 1. The molecule has 1 aromatic rings. The molecule has 1 aliphatic carbocycles. The summed E-state index contributed by atoms with van der Waals surface area (Å²) < 4.78 is 5.59. The molecule has 106 valence electrons. The highest BCUT2D eigenvalue weighted by Crippen LogP contribution is 2.36. The lowest BCUT2D eigenvalue weighted by atomic mass is 9.80.